The lowest BCUT2D eigenvalue weighted by atomic mass is 10.1. The van der Waals surface area contributed by atoms with Gasteiger partial charge in [0.1, 0.15) is 13.2 Å². The summed E-state index contributed by atoms with van der Waals surface area (Å²) in [5, 5.41) is 0. The number of carbonyl (C=O) groups is 3. The second-order valence-electron chi connectivity index (χ2n) is 20.9. The minimum atomic E-state index is -0.840. The van der Waals surface area contributed by atoms with E-state index in [-0.39, 0.29) is 31.6 Å². The summed E-state index contributed by atoms with van der Waals surface area (Å²) in [7, 11) is 0. The largest absolute Gasteiger partial charge is 0.462 e. The van der Waals surface area contributed by atoms with Gasteiger partial charge in [0, 0.05) is 19.3 Å². The molecule has 0 aromatic rings. The molecule has 1 unspecified atom stereocenters. The van der Waals surface area contributed by atoms with Gasteiger partial charge in [-0.05, 0) is 148 Å². The monoisotopic (exact) mass is 1140 g/mol. The summed E-state index contributed by atoms with van der Waals surface area (Å²) in [4.78, 5) is 38.3. The third-order valence-electron chi connectivity index (χ3n) is 13.1. The van der Waals surface area contributed by atoms with Gasteiger partial charge in [0.15, 0.2) is 6.10 Å². The first-order valence-electron chi connectivity index (χ1n) is 32.9. The molecule has 0 rings (SSSR count). The van der Waals surface area contributed by atoms with Gasteiger partial charge >= 0.3 is 17.9 Å². The predicted molar refractivity (Wildman–Crippen MR) is 361 cm³/mol. The summed E-state index contributed by atoms with van der Waals surface area (Å²) in [6.45, 7) is 6.25. The number of hydrogen-bond acceptors (Lipinski definition) is 6. The Kier molecular flexibility index (Phi) is 64.0. The maximum Gasteiger partial charge on any atom is 0.306 e. The summed E-state index contributed by atoms with van der Waals surface area (Å²) in [5.41, 5.74) is 0. The lowest BCUT2D eigenvalue weighted by Crippen LogP contribution is -2.30. The van der Waals surface area contributed by atoms with Crippen molar-refractivity contribution in [1.82, 2.24) is 0 Å². The molecule has 0 bridgehead atoms. The van der Waals surface area contributed by atoms with Crippen LogP contribution >= 0.6 is 0 Å². The molecule has 0 spiro atoms. The Bertz CT molecular complexity index is 1990. The van der Waals surface area contributed by atoms with Gasteiger partial charge in [0.25, 0.3) is 0 Å². The predicted octanol–water partition coefficient (Wildman–Crippen LogP) is 23.0. The Morgan fingerprint density at radius 2 is 0.494 bits per heavy atom. The zero-order valence-electron chi connectivity index (χ0n) is 52.9. The van der Waals surface area contributed by atoms with Crippen LogP contribution < -0.4 is 0 Å². The molecule has 0 aliphatic carbocycles. The molecule has 0 saturated heterocycles. The molecule has 0 radical (unpaired) electrons. The normalized spacial score (nSPS) is 13.4. The molecular weight excluding hydrogens is 1020 g/mol. The van der Waals surface area contributed by atoms with Gasteiger partial charge in [-0.15, -0.1) is 0 Å². The molecule has 0 aromatic heterocycles. The van der Waals surface area contributed by atoms with Crippen LogP contribution in [-0.4, -0.2) is 37.2 Å². The van der Waals surface area contributed by atoms with Crippen molar-refractivity contribution < 1.29 is 28.6 Å². The SMILES string of the molecule is CC/C=C\C/C=C\C/C=C\C/C=C\C/C=C\C/C=C\C/C=C\C/C=C\CCCCCCCCCCC(=O)OCC(COC(=O)CCCCCCC/C=C\C/C=C\CCC)OC(=O)CC/C=C\C/C=C\C/C=C\C/C=C\C/C=C\C/C=C\CC. The van der Waals surface area contributed by atoms with Crippen LogP contribution in [0.3, 0.4) is 0 Å². The average Bonchev–Trinajstić information content (AvgIpc) is 3.49. The van der Waals surface area contributed by atoms with E-state index in [4.69, 9.17) is 14.2 Å². The Hall–Kier alpha value is -5.75. The molecule has 1 atom stereocenters. The van der Waals surface area contributed by atoms with Gasteiger partial charge in [-0.3, -0.25) is 14.4 Å². The van der Waals surface area contributed by atoms with Crippen LogP contribution in [0.4, 0.5) is 0 Å². The van der Waals surface area contributed by atoms with Gasteiger partial charge in [-0.2, -0.15) is 0 Å². The fourth-order valence-electron chi connectivity index (χ4n) is 8.23. The van der Waals surface area contributed by atoms with Crippen molar-refractivity contribution in [2.75, 3.05) is 13.2 Å². The van der Waals surface area contributed by atoms with E-state index < -0.39 is 12.1 Å². The number of esters is 3. The highest BCUT2D eigenvalue weighted by Crippen LogP contribution is 2.13. The molecule has 0 saturated carbocycles. The second kappa shape index (κ2) is 68.7. The van der Waals surface area contributed by atoms with Gasteiger partial charge < -0.3 is 14.2 Å². The van der Waals surface area contributed by atoms with E-state index in [1.54, 1.807) is 0 Å². The van der Waals surface area contributed by atoms with Gasteiger partial charge in [0.05, 0.1) is 0 Å². The van der Waals surface area contributed by atoms with Crippen LogP contribution in [0, 0.1) is 0 Å². The Morgan fingerprint density at radius 1 is 0.253 bits per heavy atom. The molecule has 6 heteroatoms. The van der Waals surface area contributed by atoms with Crippen molar-refractivity contribution in [3.8, 4) is 0 Å². The fourth-order valence-corrected chi connectivity index (χ4v) is 8.23. The van der Waals surface area contributed by atoms with Crippen LogP contribution in [0.25, 0.3) is 0 Å². The maximum absolute atomic E-state index is 12.9. The summed E-state index contributed by atoms with van der Waals surface area (Å²) in [5.74, 6) is -1.04. The Morgan fingerprint density at radius 3 is 0.783 bits per heavy atom. The molecule has 0 fully saturated rings. The summed E-state index contributed by atoms with van der Waals surface area (Å²) in [6, 6.07) is 0. The fraction of sp³-hybridized carbons (Fsp3) is 0.545. The van der Waals surface area contributed by atoms with E-state index >= 15 is 0 Å². The number of allylic oxidation sites excluding steroid dienone is 32. The van der Waals surface area contributed by atoms with E-state index in [1.165, 1.54) is 38.5 Å². The van der Waals surface area contributed by atoms with Crippen molar-refractivity contribution in [1.29, 1.82) is 0 Å². The highest BCUT2D eigenvalue weighted by Gasteiger charge is 2.19. The number of hydrogen-bond donors (Lipinski definition) is 0. The lowest BCUT2D eigenvalue weighted by Gasteiger charge is -2.18. The maximum atomic E-state index is 12.9. The van der Waals surface area contributed by atoms with Crippen molar-refractivity contribution in [2.24, 2.45) is 0 Å². The number of carbonyl (C=O) groups excluding carboxylic acids is 3. The second-order valence-corrected chi connectivity index (χ2v) is 20.9. The molecule has 83 heavy (non-hydrogen) atoms. The third-order valence-corrected chi connectivity index (χ3v) is 13.1. The highest BCUT2D eigenvalue weighted by molar-refractivity contribution is 5.71. The van der Waals surface area contributed by atoms with E-state index in [0.717, 1.165) is 167 Å². The lowest BCUT2D eigenvalue weighted by molar-refractivity contribution is -0.166. The first-order valence-corrected chi connectivity index (χ1v) is 32.9. The van der Waals surface area contributed by atoms with Gasteiger partial charge in [-0.1, -0.05) is 279 Å². The van der Waals surface area contributed by atoms with Crippen LogP contribution in [0.1, 0.15) is 252 Å². The van der Waals surface area contributed by atoms with Crippen LogP contribution in [-0.2, 0) is 28.6 Å². The summed E-state index contributed by atoms with van der Waals surface area (Å²) >= 11 is 0. The van der Waals surface area contributed by atoms with Crippen molar-refractivity contribution >= 4 is 17.9 Å². The van der Waals surface area contributed by atoms with E-state index in [9.17, 15) is 14.4 Å². The average molecular weight is 1140 g/mol. The smallest absolute Gasteiger partial charge is 0.306 e. The van der Waals surface area contributed by atoms with Crippen molar-refractivity contribution in [2.45, 2.75) is 258 Å². The summed E-state index contributed by atoms with van der Waals surface area (Å²) < 4.78 is 16.8. The molecule has 6 nitrogen and oxygen atoms in total. The zero-order valence-corrected chi connectivity index (χ0v) is 52.9. The van der Waals surface area contributed by atoms with Crippen molar-refractivity contribution in [3.63, 3.8) is 0 Å². The van der Waals surface area contributed by atoms with Gasteiger partial charge in [0.2, 0.25) is 0 Å². The number of unbranched alkanes of at least 4 members (excludes halogenated alkanes) is 14. The zero-order chi connectivity index (χ0) is 59.9. The number of rotatable bonds is 57. The van der Waals surface area contributed by atoms with Crippen LogP contribution in [0.5, 0.6) is 0 Å². The van der Waals surface area contributed by atoms with Crippen LogP contribution in [0.15, 0.2) is 194 Å². The molecule has 462 valence electrons. The third kappa shape index (κ3) is 66.9. The Labute approximate surface area is 509 Å². The minimum absolute atomic E-state index is 0.127. The Balaban J connectivity index is 4.41. The van der Waals surface area contributed by atoms with Crippen molar-refractivity contribution in [3.05, 3.63) is 194 Å². The molecule has 0 amide bonds. The molecule has 0 heterocycles. The van der Waals surface area contributed by atoms with E-state index in [2.05, 4.69) is 203 Å². The first-order chi connectivity index (χ1) is 41.0. The topological polar surface area (TPSA) is 78.9 Å². The molecular formula is C77H118O6. The summed E-state index contributed by atoms with van der Waals surface area (Å²) in [6.07, 6.45) is 105. The standard InChI is InChI=1S/C77H118O6/c1-4-7-10-13-16-19-22-25-27-29-31-32-33-34-35-36-37-38-39-40-41-42-43-44-46-47-49-52-55-58-61-64-67-70-76(79)82-73-74(72-81-75(78)69-66-63-60-57-54-51-24-21-18-15-12-9-6-3)83-77(80)71-68-65-62-59-56-53-50-48-45-30-28-26-23-20-17-14-11-8-5-2/h7-8,10-12,15-17,19-21,24-28,31-32,34-35,37-38,40-41,43-45,48,53,56,62,65,74H,4-6,9,13-14,18,22-23,29-30,33,36,39,42,46-47,49-52,54-55,57-61,63-64,66-73H2,1-3H3/b10-7-,11-8-,15-12-,19-16-,20-17-,24-21-,27-25-,28-26-,32-31-,35-34-,38-37-,41-40-,44-43-,48-45-,56-53-,65-62-. The molecule has 0 aromatic carbocycles. The quantitative estimate of drug-likeness (QED) is 0.0261. The minimum Gasteiger partial charge on any atom is -0.462 e. The van der Waals surface area contributed by atoms with E-state index in [0.29, 0.717) is 19.3 Å². The van der Waals surface area contributed by atoms with E-state index in [1.807, 2.05) is 12.2 Å². The van der Waals surface area contributed by atoms with Crippen LogP contribution in [0.2, 0.25) is 0 Å². The molecule has 0 aliphatic heterocycles. The molecule has 0 N–H and O–H groups in total. The first kappa shape index (κ1) is 77.2. The number of ether oxygens (including phenoxy) is 3. The molecule has 0 aliphatic rings. The van der Waals surface area contributed by atoms with Gasteiger partial charge in [-0.25, -0.2) is 0 Å². The highest BCUT2D eigenvalue weighted by atomic mass is 16.6.